The molecule has 0 spiro atoms. The third-order valence-electron chi connectivity index (χ3n) is 1.48. The van der Waals surface area contributed by atoms with E-state index in [1.54, 1.807) is 0 Å². The van der Waals surface area contributed by atoms with E-state index in [1.807, 2.05) is 4.90 Å². The topological polar surface area (TPSA) is 29.5 Å². The van der Waals surface area contributed by atoms with Gasteiger partial charge in [0.2, 0.25) is 0 Å². The van der Waals surface area contributed by atoms with Gasteiger partial charge in [-0.25, -0.2) is 0 Å². The first kappa shape index (κ1) is 9.97. The maximum atomic E-state index is 11.4. The minimum absolute atomic E-state index is 0.387. The molecule has 0 aromatic rings. The zero-order valence-corrected chi connectivity index (χ0v) is 10.7. The molecule has 0 aromatic heterocycles. The summed E-state index contributed by atoms with van der Waals surface area (Å²) in [4.78, 5) is 15.4. The van der Waals surface area contributed by atoms with Crippen molar-refractivity contribution in [3.8, 4) is 0 Å². The van der Waals surface area contributed by atoms with Crippen molar-refractivity contribution in [3.63, 3.8) is 0 Å². The van der Waals surface area contributed by atoms with E-state index < -0.39 is 15.8 Å². The summed E-state index contributed by atoms with van der Waals surface area (Å²) < 4.78 is 5.54. The van der Waals surface area contributed by atoms with Gasteiger partial charge in [-0.05, 0) is 0 Å². The molecular weight excluding hydrogens is 372 g/mol. The number of amides is 1. The molecule has 1 fully saturated rings. The fraction of sp³-hybridized carbons (Fsp3) is 0.833. The predicted molar refractivity (Wildman–Crippen MR) is 61.8 cm³/mol. The predicted octanol–water partition coefficient (Wildman–Crippen LogP) is 1.92. The maximum absolute atomic E-state index is 11.4. The Labute approximate surface area is 83.4 Å². The van der Waals surface area contributed by atoms with Crippen LogP contribution in [-0.4, -0.2) is 40.0 Å². The summed E-state index contributed by atoms with van der Waals surface area (Å²) in [6, 6.07) is 0. The number of ether oxygens (including phenoxy) is 1. The molecule has 3 nitrogen and oxygen atoms in total. The zero-order valence-electron chi connectivity index (χ0n) is 6.35. The van der Waals surface area contributed by atoms with E-state index in [2.05, 4.69) is 23.5 Å². The van der Waals surface area contributed by atoms with Crippen LogP contribution >= 0.6 is 34.5 Å². The van der Waals surface area contributed by atoms with Gasteiger partial charge in [0.05, 0.1) is 0 Å². The average molecular weight is 383 g/mol. The zero-order chi connectivity index (χ0) is 8.27. The standard InChI is InChI=1S/C6H11I2NO2/c1-8(7)6(10)9-2-4-11-5-3-9/h2-5H2,1H3. The average Bonchev–Trinajstić information content (AvgIpc) is 2.05. The van der Waals surface area contributed by atoms with E-state index >= 15 is 0 Å². The van der Waals surface area contributed by atoms with Gasteiger partial charge in [0.1, 0.15) is 0 Å². The van der Waals surface area contributed by atoms with Gasteiger partial charge in [0.15, 0.2) is 0 Å². The summed E-state index contributed by atoms with van der Waals surface area (Å²) in [7, 11) is 0. The van der Waals surface area contributed by atoms with Gasteiger partial charge in [0.25, 0.3) is 0 Å². The Hall–Kier alpha value is 0.890. The molecule has 1 rings (SSSR count). The summed E-state index contributed by atoms with van der Waals surface area (Å²) in [5.41, 5.74) is 0. The van der Waals surface area contributed by atoms with Crippen molar-refractivity contribution in [1.82, 2.24) is 4.90 Å². The second-order valence-electron chi connectivity index (χ2n) is 2.26. The number of morpholine rings is 1. The van der Waals surface area contributed by atoms with Crippen molar-refractivity contribution in [1.29, 1.82) is 0 Å². The summed E-state index contributed by atoms with van der Waals surface area (Å²) >= 11 is 1.00. The molecule has 1 saturated heterocycles. The number of rotatable bonds is 1. The van der Waals surface area contributed by atoms with Crippen LogP contribution in [0, 0.1) is 0 Å². The Kier molecular flexibility index (Phi) is 4.36. The molecule has 0 radical (unpaired) electrons. The van der Waals surface area contributed by atoms with Crippen LogP contribution in [0.2, 0.25) is 0 Å². The second-order valence-corrected chi connectivity index (χ2v) is 13.7. The van der Waals surface area contributed by atoms with E-state index in [0.717, 1.165) is 13.1 Å². The van der Waals surface area contributed by atoms with Crippen LogP contribution in [-0.2, 0) is 4.74 Å². The molecule has 0 bridgehead atoms. The number of carbonyl (C=O) groups excluding carboxylic acids is 1. The summed E-state index contributed by atoms with van der Waals surface area (Å²) in [5, 5.41) is 0. The Morgan fingerprint density at radius 3 is 2.55 bits per heavy atom. The third kappa shape index (κ3) is 3.02. The molecule has 0 atom stereocenters. The first-order chi connectivity index (χ1) is 5.22. The molecule has 0 aliphatic carbocycles. The molecule has 0 aromatic carbocycles. The van der Waals surface area contributed by atoms with Crippen LogP contribution in [0.4, 0.5) is 4.79 Å². The van der Waals surface area contributed by atoms with Gasteiger partial charge >= 0.3 is 84.0 Å². The van der Waals surface area contributed by atoms with E-state index in [0.29, 0.717) is 17.1 Å². The SMILES string of the molecule is CI(I)C(=O)N1CCOCC1. The van der Waals surface area contributed by atoms with Crippen molar-refractivity contribution in [2.45, 2.75) is 0 Å². The normalized spacial score (nSPS) is 19.8. The van der Waals surface area contributed by atoms with Crippen LogP contribution in [0.3, 0.4) is 0 Å². The van der Waals surface area contributed by atoms with Gasteiger partial charge < -0.3 is 0 Å². The van der Waals surface area contributed by atoms with Crippen molar-refractivity contribution in [2.24, 2.45) is 0 Å². The first-order valence-electron chi connectivity index (χ1n) is 3.35. The quantitative estimate of drug-likeness (QED) is 0.300. The van der Waals surface area contributed by atoms with Crippen LogP contribution < -0.4 is 0 Å². The molecule has 0 unspecified atom stereocenters. The molecular formula is C6H11I2NO2. The molecule has 5 heteroatoms. The fourth-order valence-corrected chi connectivity index (χ4v) is 4.06. The summed E-state index contributed by atoms with van der Waals surface area (Å²) in [5.74, 6) is 0. The molecule has 11 heavy (non-hydrogen) atoms. The number of hydrogen-bond donors (Lipinski definition) is 0. The van der Waals surface area contributed by atoms with E-state index in [-0.39, 0.29) is 0 Å². The number of halogens is 2. The van der Waals surface area contributed by atoms with Crippen LogP contribution in [0.5, 0.6) is 0 Å². The molecule has 1 aliphatic rings. The molecule has 1 amide bonds. The van der Waals surface area contributed by atoms with Crippen LogP contribution in [0.25, 0.3) is 0 Å². The van der Waals surface area contributed by atoms with Crippen molar-refractivity contribution in [3.05, 3.63) is 0 Å². The van der Waals surface area contributed by atoms with Crippen molar-refractivity contribution >= 4 is 38.4 Å². The minimum atomic E-state index is -1.29. The van der Waals surface area contributed by atoms with E-state index in [4.69, 9.17) is 4.74 Å². The van der Waals surface area contributed by atoms with Crippen LogP contribution in [0.15, 0.2) is 0 Å². The Balaban J connectivity index is 2.39. The van der Waals surface area contributed by atoms with E-state index in [9.17, 15) is 4.79 Å². The Morgan fingerprint density at radius 2 is 2.09 bits per heavy atom. The van der Waals surface area contributed by atoms with Gasteiger partial charge in [0, 0.05) is 0 Å². The third-order valence-corrected chi connectivity index (χ3v) is 5.78. The van der Waals surface area contributed by atoms with Gasteiger partial charge in [-0.15, -0.1) is 0 Å². The number of carbonyl (C=O) groups is 1. The van der Waals surface area contributed by atoms with Crippen molar-refractivity contribution < 1.29 is 9.53 Å². The molecule has 1 heterocycles. The summed E-state index contributed by atoms with van der Waals surface area (Å²) in [6.07, 6.45) is 0. The van der Waals surface area contributed by atoms with E-state index in [1.165, 1.54) is 0 Å². The number of alkyl halides is 1. The Morgan fingerprint density at radius 1 is 1.55 bits per heavy atom. The monoisotopic (exact) mass is 383 g/mol. The number of hydrogen-bond acceptors (Lipinski definition) is 2. The van der Waals surface area contributed by atoms with Gasteiger partial charge in [-0.2, -0.15) is 0 Å². The fourth-order valence-electron chi connectivity index (χ4n) is 0.904. The molecule has 0 saturated carbocycles. The van der Waals surface area contributed by atoms with Crippen molar-refractivity contribution in [2.75, 3.05) is 31.2 Å². The van der Waals surface area contributed by atoms with Crippen LogP contribution in [0.1, 0.15) is 0 Å². The van der Waals surface area contributed by atoms with Gasteiger partial charge in [-0.1, -0.05) is 0 Å². The summed E-state index contributed by atoms with van der Waals surface area (Å²) in [6.45, 7) is 3.02. The number of nitrogens with zero attached hydrogens (tertiary/aromatic N) is 1. The molecule has 0 N–H and O–H groups in total. The van der Waals surface area contributed by atoms with Gasteiger partial charge in [-0.3, -0.25) is 0 Å². The first-order valence-corrected chi connectivity index (χ1v) is 12.9. The second kappa shape index (κ2) is 4.80. The Bertz CT molecular complexity index is 146. The molecule has 1 aliphatic heterocycles. The molecule has 66 valence electrons.